The fourth-order valence-corrected chi connectivity index (χ4v) is 1.35. The third kappa shape index (κ3) is 4.84. The molecule has 0 saturated carbocycles. The number of aliphatic hydroxyl groups excluding tert-OH is 1. The van der Waals surface area contributed by atoms with E-state index in [4.69, 9.17) is 16.3 Å². The van der Waals surface area contributed by atoms with Crippen LogP contribution in [0.1, 0.15) is 6.92 Å². The molecule has 0 saturated heterocycles. The van der Waals surface area contributed by atoms with Crippen LogP contribution in [-0.4, -0.2) is 28.5 Å². The van der Waals surface area contributed by atoms with E-state index in [1.807, 2.05) is 0 Å². The van der Waals surface area contributed by atoms with Gasteiger partial charge in [0.25, 0.3) is 5.69 Å². The maximum atomic E-state index is 11.6. The monoisotopic (exact) mass is 313 g/mol. The Bertz CT molecular complexity index is 583. The summed E-state index contributed by atoms with van der Waals surface area (Å²) in [6.45, 7) is 1.70. The highest BCUT2D eigenvalue weighted by Crippen LogP contribution is 2.20. The van der Waals surface area contributed by atoms with E-state index in [0.717, 1.165) is 0 Å². The number of non-ortho nitro benzene ring substituents is 1. The molecule has 1 aromatic carbocycles. The van der Waals surface area contributed by atoms with Crippen LogP contribution >= 0.6 is 11.6 Å². The molecule has 0 heterocycles. The van der Waals surface area contributed by atoms with Crippen LogP contribution in [0.4, 0.5) is 11.4 Å². The minimum atomic E-state index is -0.860. The Morgan fingerprint density at radius 3 is 2.52 bits per heavy atom. The van der Waals surface area contributed by atoms with Crippen molar-refractivity contribution in [2.45, 2.75) is 6.92 Å². The molecule has 0 aromatic heterocycles. The van der Waals surface area contributed by atoms with Crippen molar-refractivity contribution in [1.29, 1.82) is 0 Å². The lowest BCUT2D eigenvalue weighted by Gasteiger charge is -2.03. The molecule has 0 fully saturated rings. The number of ether oxygens (including phenoxy) is 1. The molecule has 0 atom stereocenters. The number of benzene rings is 1. The fraction of sp³-hybridized carbons (Fsp3) is 0.250. The third-order valence-corrected chi connectivity index (χ3v) is 2.45. The van der Waals surface area contributed by atoms with E-state index >= 15 is 0 Å². The van der Waals surface area contributed by atoms with Crippen molar-refractivity contribution in [2.24, 2.45) is 10.2 Å². The number of esters is 1. The van der Waals surface area contributed by atoms with Crippen molar-refractivity contribution in [3.63, 3.8) is 0 Å². The van der Waals surface area contributed by atoms with Crippen LogP contribution in [-0.2, 0) is 9.53 Å². The van der Waals surface area contributed by atoms with E-state index in [-0.39, 0.29) is 23.9 Å². The molecule has 112 valence electrons. The molecule has 8 nitrogen and oxygen atoms in total. The molecular weight excluding hydrogens is 302 g/mol. The molecule has 0 aliphatic heterocycles. The van der Waals surface area contributed by atoms with Gasteiger partial charge in [0.1, 0.15) is 5.76 Å². The number of aliphatic hydroxyl groups is 1. The summed E-state index contributed by atoms with van der Waals surface area (Å²) in [5.74, 6) is -1.66. The molecule has 0 unspecified atom stereocenters. The molecule has 1 N–H and O–H groups in total. The molecule has 1 aromatic rings. The normalized spacial score (nSPS) is 12.1. The number of nitro benzene ring substituents is 1. The summed E-state index contributed by atoms with van der Waals surface area (Å²) in [7, 11) is 0. The molecule has 0 aliphatic rings. The molecular formula is C12H12ClN3O5. The molecule has 0 bridgehead atoms. The highest BCUT2D eigenvalue weighted by molar-refractivity contribution is 6.19. The number of hydrogen-bond acceptors (Lipinski definition) is 7. The Morgan fingerprint density at radius 2 is 2.05 bits per heavy atom. The summed E-state index contributed by atoms with van der Waals surface area (Å²) in [6, 6.07) is 5.18. The first-order valence-corrected chi connectivity index (χ1v) is 6.34. The number of azo groups is 1. The largest absolute Gasteiger partial charge is 0.508 e. The van der Waals surface area contributed by atoms with Crippen molar-refractivity contribution < 1.29 is 19.6 Å². The second-order valence-electron chi connectivity index (χ2n) is 3.62. The van der Waals surface area contributed by atoms with E-state index in [0.29, 0.717) is 0 Å². The molecule has 0 amide bonds. The van der Waals surface area contributed by atoms with E-state index in [1.165, 1.54) is 24.3 Å². The predicted molar refractivity (Wildman–Crippen MR) is 74.6 cm³/mol. The predicted octanol–water partition coefficient (Wildman–Crippen LogP) is 3.25. The number of allylic oxidation sites excluding steroid dienone is 1. The fourth-order valence-electron chi connectivity index (χ4n) is 1.23. The minimum absolute atomic E-state index is 0.0984. The van der Waals surface area contributed by atoms with Crippen LogP contribution in [0.2, 0.25) is 0 Å². The van der Waals surface area contributed by atoms with Crippen LogP contribution < -0.4 is 0 Å². The van der Waals surface area contributed by atoms with Gasteiger partial charge in [-0.05, 0) is 19.1 Å². The van der Waals surface area contributed by atoms with Crippen LogP contribution in [0.5, 0.6) is 0 Å². The smallest absolute Gasteiger partial charge is 0.362 e. The SMILES string of the molecule is CCOC(=O)C(N=Nc1ccc([N+](=O)[O-])cc1)=C(O)CCl. The highest BCUT2D eigenvalue weighted by atomic mass is 35.5. The van der Waals surface area contributed by atoms with E-state index in [2.05, 4.69) is 10.2 Å². The van der Waals surface area contributed by atoms with E-state index in [9.17, 15) is 20.0 Å². The van der Waals surface area contributed by atoms with Gasteiger partial charge >= 0.3 is 5.97 Å². The van der Waals surface area contributed by atoms with Crippen LogP contribution in [0.3, 0.4) is 0 Å². The third-order valence-electron chi connectivity index (χ3n) is 2.19. The zero-order chi connectivity index (χ0) is 15.8. The summed E-state index contributed by atoms with van der Waals surface area (Å²) >= 11 is 5.44. The number of rotatable bonds is 6. The summed E-state index contributed by atoms with van der Waals surface area (Å²) in [5.41, 5.74) is -0.242. The Hall–Kier alpha value is -2.48. The first kappa shape index (κ1) is 16.6. The zero-order valence-corrected chi connectivity index (χ0v) is 11.8. The number of hydrogen-bond donors (Lipinski definition) is 1. The van der Waals surface area contributed by atoms with Gasteiger partial charge in [0.2, 0.25) is 5.70 Å². The second kappa shape index (κ2) is 7.95. The lowest BCUT2D eigenvalue weighted by Crippen LogP contribution is -2.09. The van der Waals surface area contributed by atoms with Gasteiger partial charge in [0, 0.05) is 12.1 Å². The van der Waals surface area contributed by atoms with Crippen LogP contribution in [0.15, 0.2) is 46.0 Å². The van der Waals surface area contributed by atoms with E-state index < -0.39 is 22.3 Å². The minimum Gasteiger partial charge on any atom is -0.508 e. The van der Waals surface area contributed by atoms with Gasteiger partial charge in [-0.2, -0.15) is 5.11 Å². The average molecular weight is 314 g/mol. The van der Waals surface area contributed by atoms with Crippen molar-refractivity contribution in [3.05, 3.63) is 45.8 Å². The number of carbonyl (C=O) groups is 1. The molecule has 21 heavy (non-hydrogen) atoms. The summed E-state index contributed by atoms with van der Waals surface area (Å²) in [5, 5.41) is 27.3. The number of alkyl halides is 1. The van der Waals surface area contributed by atoms with Crippen molar-refractivity contribution >= 4 is 28.9 Å². The maximum absolute atomic E-state index is 11.6. The standard InChI is InChI=1S/C12H12ClN3O5/c1-2-21-12(18)11(10(17)7-13)15-14-8-3-5-9(6-4-8)16(19)20/h3-6,17H,2,7H2,1H3. The van der Waals surface area contributed by atoms with Crippen LogP contribution in [0.25, 0.3) is 0 Å². The van der Waals surface area contributed by atoms with Gasteiger partial charge in [-0.3, -0.25) is 10.1 Å². The first-order valence-electron chi connectivity index (χ1n) is 5.81. The summed E-state index contributed by atoms with van der Waals surface area (Å²) < 4.78 is 4.71. The van der Waals surface area contributed by atoms with Gasteiger partial charge in [0.05, 0.1) is 23.1 Å². The van der Waals surface area contributed by atoms with Gasteiger partial charge < -0.3 is 9.84 Å². The summed E-state index contributed by atoms with van der Waals surface area (Å²) in [6.07, 6.45) is 0. The van der Waals surface area contributed by atoms with E-state index in [1.54, 1.807) is 6.92 Å². The summed E-state index contributed by atoms with van der Waals surface area (Å²) in [4.78, 5) is 21.5. The van der Waals surface area contributed by atoms with Crippen molar-refractivity contribution in [1.82, 2.24) is 0 Å². The van der Waals surface area contributed by atoms with Gasteiger partial charge in [-0.25, -0.2) is 4.79 Å². The van der Waals surface area contributed by atoms with Crippen LogP contribution in [0, 0.1) is 10.1 Å². The van der Waals surface area contributed by atoms with Gasteiger partial charge in [-0.15, -0.1) is 16.7 Å². The maximum Gasteiger partial charge on any atom is 0.362 e. The quantitative estimate of drug-likeness (QED) is 0.165. The Labute approximate surface area is 124 Å². The van der Waals surface area contributed by atoms with Crippen molar-refractivity contribution in [3.8, 4) is 0 Å². The highest BCUT2D eigenvalue weighted by Gasteiger charge is 2.16. The average Bonchev–Trinajstić information content (AvgIpc) is 2.47. The second-order valence-corrected chi connectivity index (χ2v) is 3.89. The topological polar surface area (TPSA) is 114 Å². The number of nitrogens with zero attached hydrogens (tertiary/aromatic N) is 3. The Kier molecular flexibility index (Phi) is 6.28. The lowest BCUT2D eigenvalue weighted by molar-refractivity contribution is -0.384. The van der Waals surface area contributed by atoms with Crippen molar-refractivity contribution in [2.75, 3.05) is 12.5 Å². The van der Waals surface area contributed by atoms with Gasteiger partial charge in [-0.1, -0.05) is 0 Å². The zero-order valence-electron chi connectivity index (χ0n) is 11.0. The molecule has 0 spiro atoms. The molecule has 9 heteroatoms. The van der Waals surface area contributed by atoms with Gasteiger partial charge in [0.15, 0.2) is 0 Å². The lowest BCUT2D eigenvalue weighted by atomic mass is 10.3. The Balaban J connectivity index is 2.98. The molecule has 0 radical (unpaired) electrons. The first-order chi connectivity index (χ1) is 9.99. The molecule has 1 rings (SSSR count). The molecule has 0 aliphatic carbocycles. The number of nitro groups is 1. The Morgan fingerprint density at radius 1 is 1.43 bits per heavy atom. The number of halogens is 1. The number of carbonyl (C=O) groups excluding carboxylic acids is 1.